The lowest BCUT2D eigenvalue weighted by molar-refractivity contribution is -0.384. The van der Waals surface area contributed by atoms with Crippen molar-refractivity contribution in [3.63, 3.8) is 0 Å². The minimum Gasteiger partial charge on any atom is -0.262 e. The Morgan fingerprint density at radius 2 is 1.81 bits per heavy atom. The predicted octanol–water partition coefficient (Wildman–Crippen LogP) is 1.63. The lowest BCUT2D eigenvalue weighted by Crippen LogP contribution is -2.07. The molecule has 1 atom stereocenters. The van der Waals surface area contributed by atoms with Gasteiger partial charge in [0.25, 0.3) is 15.8 Å². The lowest BCUT2D eigenvalue weighted by Gasteiger charge is -2.10. The first-order valence-corrected chi connectivity index (χ1v) is 6.24. The summed E-state index contributed by atoms with van der Waals surface area (Å²) >= 11 is 0. The SMILES string of the molecule is C[C@H](OS(C)(=O)=O)c1ccc([N+](=O)[O-])cc1. The van der Waals surface area contributed by atoms with Crippen LogP contribution in [0, 0.1) is 10.1 Å². The number of non-ortho nitro benzene ring substituents is 1. The molecule has 0 unspecified atom stereocenters. The Morgan fingerprint density at radius 3 is 2.19 bits per heavy atom. The number of nitro groups is 1. The van der Waals surface area contributed by atoms with Crippen LogP contribution in [-0.4, -0.2) is 19.6 Å². The van der Waals surface area contributed by atoms with Gasteiger partial charge >= 0.3 is 0 Å². The van der Waals surface area contributed by atoms with E-state index in [1.54, 1.807) is 6.92 Å². The quantitative estimate of drug-likeness (QED) is 0.457. The van der Waals surface area contributed by atoms with Gasteiger partial charge in [-0.15, -0.1) is 0 Å². The fraction of sp³-hybridized carbons (Fsp3) is 0.333. The minimum atomic E-state index is -3.53. The third kappa shape index (κ3) is 3.59. The van der Waals surface area contributed by atoms with E-state index in [4.69, 9.17) is 4.18 Å². The van der Waals surface area contributed by atoms with E-state index >= 15 is 0 Å². The second-order valence-electron chi connectivity index (χ2n) is 3.29. The van der Waals surface area contributed by atoms with Crippen molar-refractivity contribution in [3.05, 3.63) is 39.9 Å². The maximum atomic E-state index is 10.9. The third-order valence-electron chi connectivity index (χ3n) is 1.89. The topological polar surface area (TPSA) is 86.5 Å². The Kier molecular flexibility index (Phi) is 3.61. The first-order valence-electron chi connectivity index (χ1n) is 4.42. The van der Waals surface area contributed by atoms with Crippen molar-refractivity contribution in [1.29, 1.82) is 0 Å². The van der Waals surface area contributed by atoms with Crippen molar-refractivity contribution in [2.45, 2.75) is 13.0 Å². The summed E-state index contributed by atoms with van der Waals surface area (Å²) in [6.07, 6.45) is 0.297. The molecule has 1 aromatic carbocycles. The fourth-order valence-corrected chi connectivity index (χ4v) is 1.82. The molecule has 6 nitrogen and oxygen atoms in total. The van der Waals surface area contributed by atoms with Gasteiger partial charge in [-0.25, -0.2) is 0 Å². The van der Waals surface area contributed by atoms with E-state index in [1.165, 1.54) is 24.3 Å². The van der Waals surface area contributed by atoms with Crippen molar-refractivity contribution >= 4 is 15.8 Å². The fourth-order valence-electron chi connectivity index (χ4n) is 1.18. The Balaban J connectivity index is 2.86. The zero-order valence-corrected chi connectivity index (χ0v) is 9.60. The van der Waals surface area contributed by atoms with Gasteiger partial charge in [-0.3, -0.25) is 14.3 Å². The molecule has 0 saturated heterocycles. The summed E-state index contributed by atoms with van der Waals surface area (Å²) in [5, 5.41) is 10.4. The maximum absolute atomic E-state index is 10.9. The number of rotatable bonds is 4. The molecule has 88 valence electrons. The van der Waals surface area contributed by atoms with Gasteiger partial charge in [-0.1, -0.05) is 0 Å². The molecule has 0 spiro atoms. The summed E-state index contributed by atoms with van der Waals surface area (Å²) in [6.45, 7) is 1.56. The number of nitro benzene ring substituents is 1. The van der Waals surface area contributed by atoms with Crippen LogP contribution in [-0.2, 0) is 14.3 Å². The van der Waals surface area contributed by atoms with E-state index in [2.05, 4.69) is 0 Å². The molecule has 1 rings (SSSR count). The second kappa shape index (κ2) is 4.58. The molecule has 0 aromatic heterocycles. The number of nitrogens with zero attached hydrogens (tertiary/aromatic N) is 1. The average molecular weight is 245 g/mol. The number of benzene rings is 1. The van der Waals surface area contributed by atoms with E-state index in [1.807, 2.05) is 0 Å². The van der Waals surface area contributed by atoms with Crippen LogP contribution in [0.5, 0.6) is 0 Å². The smallest absolute Gasteiger partial charge is 0.262 e. The standard InChI is InChI=1S/C9H11NO5S/c1-7(15-16(2,13)14)8-3-5-9(6-4-8)10(11)12/h3-7H,1-2H3/t7-/m0/s1. The van der Waals surface area contributed by atoms with E-state index in [9.17, 15) is 18.5 Å². The van der Waals surface area contributed by atoms with Gasteiger partial charge in [0.1, 0.15) is 0 Å². The highest BCUT2D eigenvalue weighted by atomic mass is 32.2. The molecule has 0 fully saturated rings. The normalized spacial score (nSPS) is 13.4. The highest BCUT2D eigenvalue weighted by molar-refractivity contribution is 7.86. The Hall–Kier alpha value is -1.47. The zero-order valence-electron chi connectivity index (χ0n) is 8.78. The van der Waals surface area contributed by atoms with Crippen LogP contribution in [0.3, 0.4) is 0 Å². The number of hydrogen-bond acceptors (Lipinski definition) is 5. The highest BCUT2D eigenvalue weighted by Crippen LogP contribution is 2.21. The molecule has 16 heavy (non-hydrogen) atoms. The third-order valence-corrected chi connectivity index (χ3v) is 2.53. The van der Waals surface area contributed by atoms with E-state index < -0.39 is 21.1 Å². The second-order valence-corrected chi connectivity index (χ2v) is 4.89. The lowest BCUT2D eigenvalue weighted by atomic mass is 10.1. The molecular formula is C9H11NO5S. The molecule has 0 aliphatic heterocycles. The van der Waals surface area contributed by atoms with E-state index in [0.29, 0.717) is 5.56 Å². The van der Waals surface area contributed by atoms with Gasteiger partial charge < -0.3 is 0 Å². The molecule has 0 amide bonds. The van der Waals surface area contributed by atoms with Crippen LogP contribution in [0.25, 0.3) is 0 Å². The maximum Gasteiger partial charge on any atom is 0.269 e. The Bertz CT molecular complexity index is 479. The van der Waals surface area contributed by atoms with Gasteiger partial charge in [0.2, 0.25) is 0 Å². The van der Waals surface area contributed by atoms with Crippen molar-refractivity contribution < 1.29 is 17.5 Å². The minimum absolute atomic E-state index is 0.0460. The van der Waals surface area contributed by atoms with Crippen LogP contribution in [0.2, 0.25) is 0 Å². The van der Waals surface area contributed by atoms with Gasteiger partial charge in [0.15, 0.2) is 0 Å². The van der Waals surface area contributed by atoms with Crippen molar-refractivity contribution in [1.82, 2.24) is 0 Å². The molecule has 0 bridgehead atoms. The van der Waals surface area contributed by atoms with Crippen molar-refractivity contribution in [2.24, 2.45) is 0 Å². The number of hydrogen-bond donors (Lipinski definition) is 0. The average Bonchev–Trinajstić information content (AvgIpc) is 2.15. The summed E-state index contributed by atoms with van der Waals surface area (Å²) in [5.74, 6) is 0. The summed E-state index contributed by atoms with van der Waals surface area (Å²) in [7, 11) is -3.53. The molecule has 1 aromatic rings. The van der Waals surface area contributed by atoms with Gasteiger partial charge in [-0.05, 0) is 24.6 Å². The highest BCUT2D eigenvalue weighted by Gasteiger charge is 2.13. The van der Waals surface area contributed by atoms with Gasteiger partial charge in [-0.2, -0.15) is 8.42 Å². The largest absolute Gasteiger partial charge is 0.269 e. The molecule has 0 heterocycles. The first kappa shape index (κ1) is 12.6. The summed E-state index contributed by atoms with van der Waals surface area (Å²) in [6, 6.07) is 5.54. The van der Waals surface area contributed by atoms with Crippen LogP contribution < -0.4 is 0 Å². The molecular weight excluding hydrogens is 234 g/mol. The van der Waals surface area contributed by atoms with Crippen LogP contribution in [0.4, 0.5) is 5.69 Å². The Labute approximate surface area is 93.1 Å². The van der Waals surface area contributed by atoms with Crippen LogP contribution in [0.1, 0.15) is 18.6 Å². The van der Waals surface area contributed by atoms with Gasteiger partial charge in [0.05, 0.1) is 17.3 Å². The Morgan fingerprint density at radius 1 is 1.31 bits per heavy atom. The molecule has 0 saturated carbocycles. The molecule has 7 heteroatoms. The van der Waals surface area contributed by atoms with E-state index in [-0.39, 0.29) is 5.69 Å². The summed E-state index contributed by atoms with van der Waals surface area (Å²) < 4.78 is 26.4. The predicted molar refractivity (Wildman–Crippen MR) is 57.4 cm³/mol. The summed E-state index contributed by atoms with van der Waals surface area (Å²) in [4.78, 5) is 9.87. The molecule has 0 N–H and O–H groups in total. The molecule has 0 aliphatic carbocycles. The van der Waals surface area contributed by atoms with Crippen molar-refractivity contribution in [2.75, 3.05) is 6.26 Å². The van der Waals surface area contributed by atoms with Gasteiger partial charge in [0, 0.05) is 12.1 Å². The molecule has 0 radical (unpaired) electrons. The van der Waals surface area contributed by atoms with Crippen molar-refractivity contribution in [3.8, 4) is 0 Å². The van der Waals surface area contributed by atoms with E-state index in [0.717, 1.165) is 6.26 Å². The van der Waals surface area contributed by atoms with Crippen LogP contribution >= 0.6 is 0 Å². The molecule has 0 aliphatic rings. The zero-order chi connectivity index (χ0) is 12.3. The first-order chi connectivity index (χ1) is 7.29. The van der Waals surface area contributed by atoms with Crippen LogP contribution in [0.15, 0.2) is 24.3 Å². The summed E-state index contributed by atoms with van der Waals surface area (Å²) in [5.41, 5.74) is 0.520. The monoisotopic (exact) mass is 245 g/mol.